The van der Waals surface area contributed by atoms with Gasteiger partial charge in [-0.15, -0.1) is 5.10 Å². The average molecular weight is 496 g/mol. The number of pyridine rings is 1. The second kappa shape index (κ2) is 11.5. The highest BCUT2D eigenvalue weighted by atomic mass is 16.5. The van der Waals surface area contributed by atoms with Gasteiger partial charge in [-0.2, -0.15) is 0 Å². The molecule has 3 aromatic rings. The molecule has 1 N–H and O–H groups in total. The minimum Gasteiger partial charge on any atom is -0.494 e. The smallest absolute Gasteiger partial charge is 0.253 e. The number of fused-ring (bicyclic) bond motifs is 1. The molecule has 10 nitrogen and oxygen atoms in total. The van der Waals surface area contributed by atoms with E-state index in [1.54, 1.807) is 11.8 Å². The Hall–Kier alpha value is -2.82. The van der Waals surface area contributed by atoms with E-state index in [4.69, 9.17) is 9.47 Å². The van der Waals surface area contributed by atoms with E-state index in [1.807, 2.05) is 31.2 Å². The molecule has 194 valence electrons. The van der Waals surface area contributed by atoms with Gasteiger partial charge in [-0.1, -0.05) is 19.3 Å². The van der Waals surface area contributed by atoms with E-state index in [9.17, 15) is 4.79 Å². The van der Waals surface area contributed by atoms with Crippen molar-refractivity contribution in [1.29, 1.82) is 0 Å². The summed E-state index contributed by atoms with van der Waals surface area (Å²) in [7, 11) is 1.66. The highest BCUT2D eigenvalue weighted by molar-refractivity contribution is 5.80. The largest absolute Gasteiger partial charge is 0.494 e. The van der Waals surface area contributed by atoms with Gasteiger partial charge in [-0.25, -0.2) is 4.68 Å². The van der Waals surface area contributed by atoms with Crippen molar-refractivity contribution in [3.8, 4) is 5.75 Å². The molecule has 0 spiro atoms. The van der Waals surface area contributed by atoms with Crippen molar-refractivity contribution in [1.82, 2.24) is 35.0 Å². The first-order chi connectivity index (χ1) is 17.7. The summed E-state index contributed by atoms with van der Waals surface area (Å²) in [5.41, 5.74) is 1.32. The number of aromatic amines is 1. The van der Waals surface area contributed by atoms with E-state index in [1.165, 1.54) is 32.1 Å². The van der Waals surface area contributed by atoms with Crippen LogP contribution in [0.1, 0.15) is 56.5 Å². The molecule has 2 aliphatic rings. The summed E-state index contributed by atoms with van der Waals surface area (Å²) in [5, 5.41) is 13.5. The van der Waals surface area contributed by atoms with Crippen LogP contribution in [0.2, 0.25) is 0 Å². The molecular weight excluding hydrogens is 458 g/mol. The second-order valence-electron chi connectivity index (χ2n) is 9.76. The van der Waals surface area contributed by atoms with Crippen molar-refractivity contribution in [2.24, 2.45) is 0 Å². The summed E-state index contributed by atoms with van der Waals surface area (Å²) >= 11 is 0. The molecule has 1 aliphatic carbocycles. The van der Waals surface area contributed by atoms with Crippen LogP contribution in [-0.4, -0.2) is 87.5 Å². The number of aromatic nitrogens is 5. The van der Waals surface area contributed by atoms with E-state index < -0.39 is 0 Å². The standard InChI is InChI=1S/C26H37N7O3/c1-3-36-21-9-10-23-19(17-21)18-22(26(34)27-23)24(25-28-29-30-33(25)15-16-35-2)32-13-11-31(12-14-32)20-7-5-4-6-8-20/h9-10,17-18,20,24H,3-8,11-16H2,1-2H3,(H,27,34)/t24-/m0/s1. The summed E-state index contributed by atoms with van der Waals surface area (Å²) in [6.07, 6.45) is 6.62. The van der Waals surface area contributed by atoms with Gasteiger partial charge in [0.25, 0.3) is 5.56 Å². The molecule has 1 atom stereocenters. The van der Waals surface area contributed by atoms with E-state index >= 15 is 0 Å². The summed E-state index contributed by atoms with van der Waals surface area (Å²) < 4.78 is 12.8. The van der Waals surface area contributed by atoms with Gasteiger partial charge in [0.05, 0.1) is 19.8 Å². The average Bonchev–Trinajstić information content (AvgIpc) is 3.37. The maximum atomic E-state index is 13.4. The Morgan fingerprint density at radius 1 is 1.11 bits per heavy atom. The van der Waals surface area contributed by atoms with E-state index in [-0.39, 0.29) is 11.6 Å². The first kappa shape index (κ1) is 24.9. The van der Waals surface area contributed by atoms with Crippen LogP contribution >= 0.6 is 0 Å². The lowest BCUT2D eigenvalue weighted by atomic mass is 9.93. The fraction of sp³-hybridized carbons (Fsp3) is 0.615. The Bertz CT molecular complexity index is 1200. The minimum absolute atomic E-state index is 0.118. The van der Waals surface area contributed by atoms with Gasteiger partial charge in [-0.05, 0) is 54.5 Å². The van der Waals surface area contributed by atoms with Gasteiger partial charge >= 0.3 is 0 Å². The molecule has 1 saturated heterocycles. The quantitative estimate of drug-likeness (QED) is 0.483. The zero-order valence-corrected chi connectivity index (χ0v) is 21.4. The zero-order valence-electron chi connectivity index (χ0n) is 21.4. The van der Waals surface area contributed by atoms with Crippen LogP contribution in [0, 0.1) is 0 Å². The van der Waals surface area contributed by atoms with Gasteiger partial charge in [-0.3, -0.25) is 14.6 Å². The highest BCUT2D eigenvalue weighted by Crippen LogP contribution is 2.30. The third-order valence-electron chi connectivity index (χ3n) is 7.57. The monoisotopic (exact) mass is 495 g/mol. The fourth-order valence-electron chi connectivity index (χ4n) is 5.71. The van der Waals surface area contributed by atoms with Crippen molar-refractivity contribution in [3.05, 3.63) is 46.0 Å². The fourth-order valence-corrected chi connectivity index (χ4v) is 5.71. The molecule has 5 rings (SSSR count). The number of benzene rings is 1. The molecule has 1 saturated carbocycles. The zero-order chi connectivity index (χ0) is 24.9. The molecule has 0 unspecified atom stereocenters. The molecule has 36 heavy (non-hydrogen) atoms. The number of hydrogen-bond acceptors (Lipinski definition) is 8. The SMILES string of the molecule is CCOc1ccc2[nH]c(=O)c([C@@H](c3nnnn3CCOC)N3CCN(C4CCCCC4)CC3)cc2c1. The third kappa shape index (κ3) is 5.30. The van der Waals surface area contributed by atoms with Crippen molar-refractivity contribution in [2.45, 2.75) is 57.7 Å². The molecule has 2 fully saturated rings. The number of nitrogens with zero attached hydrogens (tertiary/aromatic N) is 6. The summed E-state index contributed by atoms with van der Waals surface area (Å²) in [5.74, 6) is 1.45. The Kier molecular flexibility index (Phi) is 7.93. The number of hydrogen-bond donors (Lipinski definition) is 1. The molecule has 1 aromatic carbocycles. The Balaban J connectivity index is 1.49. The first-order valence-electron chi connectivity index (χ1n) is 13.2. The normalized spacial score (nSPS) is 19.1. The first-order valence-corrected chi connectivity index (χ1v) is 13.2. The number of rotatable bonds is 9. The molecule has 0 amide bonds. The van der Waals surface area contributed by atoms with Crippen LogP contribution in [0.3, 0.4) is 0 Å². The highest BCUT2D eigenvalue weighted by Gasteiger charge is 2.34. The third-order valence-corrected chi connectivity index (χ3v) is 7.57. The maximum absolute atomic E-state index is 13.4. The van der Waals surface area contributed by atoms with Gasteiger partial charge in [0.1, 0.15) is 11.8 Å². The van der Waals surface area contributed by atoms with Gasteiger partial charge in [0.2, 0.25) is 0 Å². The Morgan fingerprint density at radius 2 is 1.92 bits per heavy atom. The van der Waals surface area contributed by atoms with Gasteiger partial charge in [0, 0.05) is 55.8 Å². The van der Waals surface area contributed by atoms with E-state index in [2.05, 4.69) is 30.3 Å². The van der Waals surface area contributed by atoms with Gasteiger partial charge in [0.15, 0.2) is 5.82 Å². The lowest BCUT2D eigenvalue weighted by Gasteiger charge is -2.42. The number of tetrazole rings is 1. The minimum atomic E-state index is -0.353. The lowest BCUT2D eigenvalue weighted by molar-refractivity contribution is 0.0612. The van der Waals surface area contributed by atoms with Crippen molar-refractivity contribution in [2.75, 3.05) is 46.5 Å². The number of ether oxygens (including phenoxy) is 2. The maximum Gasteiger partial charge on any atom is 0.253 e. The van der Waals surface area contributed by atoms with E-state index in [0.717, 1.165) is 42.8 Å². The lowest BCUT2D eigenvalue weighted by Crippen LogP contribution is -2.52. The van der Waals surface area contributed by atoms with Crippen LogP contribution in [0.4, 0.5) is 0 Å². The summed E-state index contributed by atoms with van der Waals surface area (Å²) in [6.45, 7) is 7.25. The van der Waals surface area contributed by atoms with Crippen LogP contribution in [0.15, 0.2) is 29.1 Å². The van der Waals surface area contributed by atoms with Crippen molar-refractivity contribution >= 4 is 10.9 Å². The van der Waals surface area contributed by atoms with Crippen LogP contribution in [0.5, 0.6) is 5.75 Å². The van der Waals surface area contributed by atoms with Crippen molar-refractivity contribution < 1.29 is 9.47 Å². The Labute approximate surface area is 211 Å². The van der Waals surface area contributed by atoms with Gasteiger partial charge < -0.3 is 14.5 Å². The second-order valence-corrected chi connectivity index (χ2v) is 9.76. The molecule has 10 heteroatoms. The van der Waals surface area contributed by atoms with Crippen molar-refractivity contribution in [3.63, 3.8) is 0 Å². The number of nitrogens with one attached hydrogen (secondary N) is 1. The molecule has 1 aliphatic heterocycles. The van der Waals surface area contributed by atoms with Crippen LogP contribution < -0.4 is 10.3 Å². The van der Waals surface area contributed by atoms with Crippen LogP contribution in [0.25, 0.3) is 10.9 Å². The number of H-pyrrole nitrogens is 1. The molecule has 0 radical (unpaired) electrons. The van der Waals surface area contributed by atoms with Crippen LogP contribution in [-0.2, 0) is 11.3 Å². The predicted octanol–water partition coefficient (Wildman–Crippen LogP) is 2.60. The van der Waals surface area contributed by atoms with E-state index in [0.29, 0.717) is 37.2 Å². The molecule has 3 heterocycles. The number of piperazine rings is 1. The predicted molar refractivity (Wildman–Crippen MR) is 137 cm³/mol. The topological polar surface area (TPSA) is 101 Å². The summed E-state index contributed by atoms with van der Waals surface area (Å²) in [6, 6.07) is 8.07. The molecule has 2 aromatic heterocycles. The Morgan fingerprint density at radius 3 is 2.67 bits per heavy atom. The number of methoxy groups -OCH3 is 1. The molecule has 0 bridgehead atoms. The summed E-state index contributed by atoms with van der Waals surface area (Å²) in [4.78, 5) is 21.5. The molecular formula is C26H37N7O3.